The minimum absolute atomic E-state index is 0.715. The number of nitrogens with zero attached hydrogens (tertiary/aromatic N) is 6. The van der Waals surface area contributed by atoms with E-state index in [1.54, 1.807) is 10.8 Å². The minimum atomic E-state index is 0.715. The molecule has 0 radical (unpaired) electrons. The first-order valence-electron chi connectivity index (χ1n) is 8.62. The molecule has 1 aliphatic heterocycles. The second-order valence-electron chi connectivity index (χ2n) is 6.26. The Morgan fingerprint density at radius 3 is 2.68 bits per heavy atom. The Labute approximate surface area is 146 Å². The summed E-state index contributed by atoms with van der Waals surface area (Å²) in [6.07, 6.45) is 1.66. The van der Waals surface area contributed by atoms with Gasteiger partial charge in [-0.05, 0) is 25.1 Å². The molecule has 3 aromatic rings. The van der Waals surface area contributed by atoms with Crippen LogP contribution in [0.4, 0.5) is 5.69 Å². The van der Waals surface area contributed by atoms with Crippen LogP contribution in [-0.4, -0.2) is 64.0 Å². The van der Waals surface area contributed by atoms with Gasteiger partial charge >= 0.3 is 0 Å². The van der Waals surface area contributed by atoms with Crippen LogP contribution >= 0.6 is 0 Å². The molecule has 7 nitrogen and oxygen atoms in total. The second-order valence-corrected chi connectivity index (χ2v) is 6.26. The molecule has 2 aromatic heterocycles. The maximum atomic E-state index is 5.80. The number of ether oxygens (including phenoxy) is 1. The van der Waals surface area contributed by atoms with Gasteiger partial charge in [-0.1, -0.05) is 18.2 Å². The van der Waals surface area contributed by atoms with E-state index in [-0.39, 0.29) is 0 Å². The molecule has 0 atom stereocenters. The van der Waals surface area contributed by atoms with Crippen molar-refractivity contribution < 1.29 is 4.74 Å². The molecule has 0 spiro atoms. The van der Waals surface area contributed by atoms with Crippen LogP contribution in [0.2, 0.25) is 0 Å². The summed E-state index contributed by atoms with van der Waals surface area (Å²) in [6.45, 7) is 7.62. The van der Waals surface area contributed by atoms with E-state index in [2.05, 4.69) is 31.2 Å². The Kier molecular flexibility index (Phi) is 4.47. The van der Waals surface area contributed by atoms with Crippen LogP contribution in [0.3, 0.4) is 0 Å². The fourth-order valence-electron chi connectivity index (χ4n) is 3.19. The summed E-state index contributed by atoms with van der Waals surface area (Å²) in [6, 6.07) is 12.1. The maximum Gasteiger partial charge on any atom is 0.200 e. The monoisotopic (exact) mass is 338 g/mol. The van der Waals surface area contributed by atoms with Crippen molar-refractivity contribution in [2.24, 2.45) is 0 Å². The largest absolute Gasteiger partial charge is 0.492 e. The van der Waals surface area contributed by atoms with E-state index in [0.717, 1.165) is 55.5 Å². The number of aromatic nitrogens is 4. The van der Waals surface area contributed by atoms with Gasteiger partial charge in [0, 0.05) is 32.7 Å². The van der Waals surface area contributed by atoms with E-state index >= 15 is 0 Å². The number of hydrogen-bond donors (Lipinski definition) is 0. The van der Waals surface area contributed by atoms with Crippen LogP contribution in [0, 0.1) is 6.92 Å². The smallest absolute Gasteiger partial charge is 0.200 e. The number of rotatable bonds is 5. The SMILES string of the molecule is Cc1cc(N2CCN(CCOc3ccccc3)CC2)c2nncn2n1. The lowest BCUT2D eigenvalue weighted by molar-refractivity contribution is 0.200. The van der Waals surface area contributed by atoms with Crippen LogP contribution in [0.15, 0.2) is 42.7 Å². The van der Waals surface area contributed by atoms with Gasteiger partial charge in [-0.15, -0.1) is 10.2 Å². The standard InChI is InChI=1S/C18H22N6O/c1-15-13-17(18-20-19-14-24(18)21-15)23-9-7-22(8-10-23)11-12-25-16-5-3-2-4-6-16/h2-6,13-14H,7-12H2,1H3. The highest BCUT2D eigenvalue weighted by Crippen LogP contribution is 2.21. The first-order valence-corrected chi connectivity index (χ1v) is 8.62. The van der Waals surface area contributed by atoms with Gasteiger partial charge in [0.15, 0.2) is 0 Å². The molecule has 7 heteroatoms. The van der Waals surface area contributed by atoms with Gasteiger partial charge in [0.05, 0.1) is 11.4 Å². The molecule has 1 fully saturated rings. The van der Waals surface area contributed by atoms with Gasteiger partial charge in [0.1, 0.15) is 18.7 Å². The third-order valence-corrected chi connectivity index (χ3v) is 4.50. The number of anilines is 1. The van der Waals surface area contributed by atoms with Crippen molar-refractivity contribution in [3.05, 3.63) is 48.4 Å². The Morgan fingerprint density at radius 1 is 1.08 bits per heavy atom. The van der Waals surface area contributed by atoms with Crippen molar-refractivity contribution in [1.29, 1.82) is 0 Å². The van der Waals surface area contributed by atoms with Crippen LogP contribution in [0.25, 0.3) is 5.65 Å². The molecule has 0 N–H and O–H groups in total. The maximum absolute atomic E-state index is 5.80. The molecule has 130 valence electrons. The quantitative estimate of drug-likeness (QED) is 0.705. The summed E-state index contributed by atoms with van der Waals surface area (Å²) in [5, 5.41) is 12.6. The van der Waals surface area contributed by atoms with Gasteiger partial charge in [0.25, 0.3) is 0 Å². The lowest BCUT2D eigenvalue weighted by Crippen LogP contribution is -2.47. The van der Waals surface area contributed by atoms with Crippen molar-refractivity contribution in [3.8, 4) is 5.75 Å². The third-order valence-electron chi connectivity index (χ3n) is 4.50. The summed E-state index contributed by atoms with van der Waals surface area (Å²) >= 11 is 0. The average Bonchev–Trinajstić information content (AvgIpc) is 3.11. The summed E-state index contributed by atoms with van der Waals surface area (Å²) in [5.74, 6) is 0.933. The topological polar surface area (TPSA) is 58.8 Å². The van der Waals surface area contributed by atoms with Crippen LogP contribution in [0.1, 0.15) is 5.69 Å². The van der Waals surface area contributed by atoms with Crippen LogP contribution < -0.4 is 9.64 Å². The predicted octanol–water partition coefficient (Wildman–Crippen LogP) is 1.63. The van der Waals surface area contributed by atoms with Crippen molar-refractivity contribution in [2.45, 2.75) is 6.92 Å². The molecule has 0 unspecified atom stereocenters. The summed E-state index contributed by atoms with van der Waals surface area (Å²) < 4.78 is 7.55. The zero-order valence-electron chi connectivity index (χ0n) is 14.4. The van der Waals surface area contributed by atoms with Crippen LogP contribution in [-0.2, 0) is 0 Å². The number of benzene rings is 1. The van der Waals surface area contributed by atoms with E-state index in [4.69, 9.17) is 4.74 Å². The van der Waals surface area contributed by atoms with Gasteiger partial charge < -0.3 is 9.64 Å². The fourth-order valence-corrected chi connectivity index (χ4v) is 3.19. The van der Waals surface area contributed by atoms with Gasteiger partial charge in [-0.3, -0.25) is 4.90 Å². The first-order chi connectivity index (χ1) is 12.3. The van der Waals surface area contributed by atoms with Crippen molar-refractivity contribution in [2.75, 3.05) is 44.2 Å². The van der Waals surface area contributed by atoms with E-state index in [1.807, 2.05) is 37.3 Å². The van der Waals surface area contributed by atoms with E-state index < -0.39 is 0 Å². The molecule has 0 saturated carbocycles. The third kappa shape index (κ3) is 3.56. The molecule has 0 bridgehead atoms. The van der Waals surface area contributed by atoms with Crippen LogP contribution in [0.5, 0.6) is 5.75 Å². The Bertz CT molecular complexity index is 826. The highest BCUT2D eigenvalue weighted by molar-refractivity contribution is 5.68. The first kappa shape index (κ1) is 15.8. The predicted molar refractivity (Wildman–Crippen MR) is 96.1 cm³/mol. The number of para-hydroxylation sites is 1. The molecule has 0 amide bonds. The highest BCUT2D eigenvalue weighted by Gasteiger charge is 2.20. The Balaban J connectivity index is 1.33. The summed E-state index contributed by atoms with van der Waals surface area (Å²) in [7, 11) is 0. The lowest BCUT2D eigenvalue weighted by Gasteiger charge is -2.35. The molecule has 4 rings (SSSR count). The minimum Gasteiger partial charge on any atom is -0.492 e. The second kappa shape index (κ2) is 7.06. The van der Waals surface area contributed by atoms with E-state index in [9.17, 15) is 0 Å². The average molecular weight is 338 g/mol. The van der Waals surface area contributed by atoms with Crippen molar-refractivity contribution in [1.82, 2.24) is 24.7 Å². The summed E-state index contributed by atoms with van der Waals surface area (Å²) in [4.78, 5) is 4.81. The van der Waals surface area contributed by atoms with Crippen molar-refractivity contribution in [3.63, 3.8) is 0 Å². The molecular weight excluding hydrogens is 316 g/mol. The normalized spacial score (nSPS) is 15.6. The Morgan fingerprint density at radius 2 is 1.88 bits per heavy atom. The lowest BCUT2D eigenvalue weighted by atomic mass is 10.2. The van der Waals surface area contributed by atoms with Gasteiger partial charge in [-0.25, -0.2) is 0 Å². The van der Waals surface area contributed by atoms with Crippen molar-refractivity contribution >= 4 is 11.3 Å². The Hall–Kier alpha value is -2.67. The number of fused-ring (bicyclic) bond motifs is 1. The fraction of sp³-hybridized carbons (Fsp3) is 0.389. The zero-order valence-corrected chi connectivity index (χ0v) is 14.4. The molecule has 0 aliphatic carbocycles. The highest BCUT2D eigenvalue weighted by atomic mass is 16.5. The van der Waals surface area contributed by atoms with E-state index in [1.165, 1.54) is 0 Å². The number of aryl methyl sites for hydroxylation is 1. The zero-order chi connectivity index (χ0) is 17.1. The number of piperazine rings is 1. The molecule has 3 heterocycles. The van der Waals surface area contributed by atoms with Gasteiger partial charge in [0.2, 0.25) is 5.65 Å². The molecule has 1 aromatic carbocycles. The summed E-state index contributed by atoms with van der Waals surface area (Å²) in [5.41, 5.74) is 2.91. The molecule has 1 aliphatic rings. The number of hydrogen-bond acceptors (Lipinski definition) is 6. The molecule has 1 saturated heterocycles. The van der Waals surface area contributed by atoms with E-state index in [0.29, 0.717) is 6.61 Å². The molecule has 25 heavy (non-hydrogen) atoms. The molecular formula is C18H22N6O. The van der Waals surface area contributed by atoms with Gasteiger partial charge in [-0.2, -0.15) is 9.61 Å².